The number of para-hydroxylation sites is 1. The van der Waals surface area contributed by atoms with E-state index >= 15 is 0 Å². The number of H-pyrrole nitrogens is 1. The Hall–Kier alpha value is -2.48. The molecule has 26 heavy (non-hydrogen) atoms. The molecule has 3 heterocycles. The quantitative estimate of drug-likeness (QED) is 0.717. The molecule has 8 heteroatoms. The monoisotopic (exact) mass is 370 g/mol. The Labute approximate surface area is 156 Å². The Morgan fingerprint density at radius 3 is 3.08 bits per heavy atom. The highest BCUT2D eigenvalue weighted by Gasteiger charge is 2.28. The lowest BCUT2D eigenvalue weighted by Gasteiger charge is -2.32. The molecule has 1 N–H and O–H groups in total. The van der Waals surface area contributed by atoms with E-state index in [1.807, 2.05) is 33.7 Å². The minimum Gasteiger partial charge on any atom is -0.340 e. The molecule has 3 aromatic rings. The standard InChI is InChI=1S/C18H22N6OS/c1-2-23-17(20-21-18(23)26)14-7-5-9-22(11-14)16(25)12-24-15-8-4-3-6-13(15)10-19-24/h3-4,6,8,10,14H,2,5,7,9,11-12H2,1H3,(H,21,26)/t14-/m0/s1. The fraction of sp³-hybridized carbons (Fsp3) is 0.444. The van der Waals surface area contributed by atoms with Gasteiger partial charge >= 0.3 is 0 Å². The summed E-state index contributed by atoms with van der Waals surface area (Å²) < 4.78 is 4.45. The lowest BCUT2D eigenvalue weighted by molar-refractivity contribution is -0.133. The molecule has 1 saturated heterocycles. The number of rotatable bonds is 4. The van der Waals surface area contributed by atoms with Crippen LogP contribution in [0.4, 0.5) is 0 Å². The minimum absolute atomic E-state index is 0.0979. The van der Waals surface area contributed by atoms with E-state index in [0.717, 1.165) is 42.7 Å². The van der Waals surface area contributed by atoms with Gasteiger partial charge in [-0.05, 0) is 38.0 Å². The number of amides is 1. The van der Waals surface area contributed by atoms with Crippen LogP contribution in [0.3, 0.4) is 0 Å². The van der Waals surface area contributed by atoms with Crippen LogP contribution >= 0.6 is 12.2 Å². The molecule has 1 aliphatic heterocycles. The smallest absolute Gasteiger partial charge is 0.244 e. The number of piperidine rings is 1. The van der Waals surface area contributed by atoms with Crippen molar-refractivity contribution >= 4 is 29.0 Å². The molecule has 1 aromatic carbocycles. The predicted molar refractivity (Wildman–Crippen MR) is 101 cm³/mol. The lowest BCUT2D eigenvalue weighted by Crippen LogP contribution is -2.41. The third-order valence-electron chi connectivity index (χ3n) is 5.08. The van der Waals surface area contributed by atoms with Crippen molar-refractivity contribution in [1.29, 1.82) is 0 Å². The number of carbonyl (C=O) groups excluding carboxylic acids is 1. The summed E-state index contributed by atoms with van der Waals surface area (Å²) in [6, 6.07) is 7.95. The van der Waals surface area contributed by atoms with Crippen molar-refractivity contribution in [3.63, 3.8) is 0 Å². The highest BCUT2D eigenvalue weighted by atomic mass is 32.1. The van der Waals surface area contributed by atoms with Gasteiger partial charge in [-0.25, -0.2) is 0 Å². The Kier molecular flexibility index (Phi) is 4.58. The molecule has 1 amide bonds. The first-order chi connectivity index (χ1) is 12.7. The van der Waals surface area contributed by atoms with E-state index in [1.165, 1.54) is 0 Å². The van der Waals surface area contributed by atoms with Gasteiger partial charge in [0.15, 0.2) is 4.77 Å². The average molecular weight is 370 g/mol. The van der Waals surface area contributed by atoms with Crippen LogP contribution in [0.2, 0.25) is 0 Å². The van der Waals surface area contributed by atoms with Crippen molar-refractivity contribution in [1.82, 2.24) is 29.4 Å². The third-order valence-corrected chi connectivity index (χ3v) is 5.39. The molecule has 4 rings (SSSR count). The number of hydrogen-bond donors (Lipinski definition) is 1. The zero-order valence-electron chi connectivity index (χ0n) is 14.8. The molecule has 2 aromatic heterocycles. The van der Waals surface area contributed by atoms with Gasteiger partial charge in [0.05, 0.1) is 11.7 Å². The second-order valence-electron chi connectivity index (χ2n) is 6.67. The summed E-state index contributed by atoms with van der Waals surface area (Å²) in [4.78, 5) is 14.8. The largest absolute Gasteiger partial charge is 0.340 e. The van der Waals surface area contributed by atoms with Gasteiger partial charge in [0.1, 0.15) is 12.4 Å². The molecular formula is C18H22N6OS. The number of nitrogens with one attached hydrogen (secondary N) is 1. The first kappa shape index (κ1) is 17.0. The summed E-state index contributed by atoms with van der Waals surface area (Å²) in [5, 5.41) is 12.7. The average Bonchev–Trinajstić information content (AvgIpc) is 3.25. The number of hydrogen-bond acceptors (Lipinski definition) is 4. The van der Waals surface area contributed by atoms with Crippen LogP contribution in [0.15, 0.2) is 30.5 Å². The lowest BCUT2D eigenvalue weighted by atomic mass is 9.97. The summed E-state index contributed by atoms with van der Waals surface area (Å²) in [6.45, 7) is 4.57. The zero-order valence-corrected chi connectivity index (χ0v) is 15.6. The molecule has 1 fully saturated rings. The maximum atomic E-state index is 12.9. The second-order valence-corrected chi connectivity index (χ2v) is 7.06. The Morgan fingerprint density at radius 2 is 2.23 bits per heavy atom. The van der Waals surface area contributed by atoms with Crippen molar-refractivity contribution in [2.75, 3.05) is 13.1 Å². The van der Waals surface area contributed by atoms with Crippen LogP contribution in [0.25, 0.3) is 10.9 Å². The van der Waals surface area contributed by atoms with Crippen LogP contribution < -0.4 is 0 Å². The van der Waals surface area contributed by atoms with Crippen LogP contribution in [-0.4, -0.2) is 48.4 Å². The summed E-state index contributed by atoms with van der Waals surface area (Å²) in [6.07, 6.45) is 3.80. The predicted octanol–water partition coefficient (Wildman–Crippen LogP) is 2.72. The number of fused-ring (bicyclic) bond motifs is 1. The van der Waals surface area contributed by atoms with Crippen molar-refractivity contribution < 1.29 is 4.79 Å². The maximum Gasteiger partial charge on any atom is 0.244 e. The molecule has 1 atom stereocenters. The zero-order chi connectivity index (χ0) is 18.1. The van der Waals surface area contributed by atoms with E-state index in [9.17, 15) is 4.79 Å². The topological polar surface area (TPSA) is 71.7 Å². The first-order valence-electron chi connectivity index (χ1n) is 9.00. The number of likely N-dealkylation sites (tertiary alicyclic amines) is 1. The molecule has 0 unspecified atom stereocenters. The summed E-state index contributed by atoms with van der Waals surface area (Å²) in [7, 11) is 0. The van der Waals surface area contributed by atoms with Crippen molar-refractivity contribution in [3.05, 3.63) is 41.1 Å². The molecule has 1 aliphatic rings. The summed E-state index contributed by atoms with van der Waals surface area (Å²) >= 11 is 5.30. The minimum atomic E-state index is 0.0979. The van der Waals surface area contributed by atoms with Crippen molar-refractivity contribution in [2.24, 2.45) is 0 Å². The van der Waals surface area contributed by atoms with Gasteiger partial charge in [-0.2, -0.15) is 10.2 Å². The first-order valence-corrected chi connectivity index (χ1v) is 9.41. The van der Waals surface area contributed by atoms with Crippen LogP contribution in [0.5, 0.6) is 0 Å². The summed E-state index contributed by atoms with van der Waals surface area (Å²) in [5.74, 6) is 1.27. The number of nitrogens with zero attached hydrogens (tertiary/aromatic N) is 5. The number of benzene rings is 1. The Bertz CT molecular complexity index is 987. The van der Waals surface area contributed by atoms with E-state index in [0.29, 0.717) is 11.3 Å². The van der Waals surface area contributed by atoms with E-state index < -0.39 is 0 Å². The van der Waals surface area contributed by atoms with Gasteiger partial charge in [-0.3, -0.25) is 14.6 Å². The highest BCUT2D eigenvalue weighted by Crippen LogP contribution is 2.26. The molecule has 7 nitrogen and oxygen atoms in total. The van der Waals surface area contributed by atoms with Crippen LogP contribution in [0, 0.1) is 4.77 Å². The fourth-order valence-corrected chi connectivity index (χ4v) is 4.01. The maximum absolute atomic E-state index is 12.9. The van der Waals surface area contributed by atoms with Gasteiger partial charge in [0.25, 0.3) is 0 Å². The normalized spacial score (nSPS) is 17.7. The SMILES string of the molecule is CCn1c([C@H]2CCCN(C(=O)Cn3ncc4ccccc43)C2)n[nH]c1=S. The second kappa shape index (κ2) is 7.03. The fourth-order valence-electron chi connectivity index (χ4n) is 3.74. The molecule has 0 radical (unpaired) electrons. The molecule has 0 saturated carbocycles. The van der Waals surface area contributed by atoms with E-state index in [-0.39, 0.29) is 18.4 Å². The molecule has 136 valence electrons. The Morgan fingerprint density at radius 1 is 1.38 bits per heavy atom. The number of aromatic nitrogens is 5. The number of carbonyl (C=O) groups is 1. The van der Waals surface area contributed by atoms with E-state index in [1.54, 1.807) is 10.9 Å². The van der Waals surface area contributed by atoms with Gasteiger partial charge in [0, 0.05) is 30.9 Å². The Balaban J connectivity index is 1.50. The van der Waals surface area contributed by atoms with Crippen molar-refractivity contribution in [2.45, 2.75) is 38.8 Å². The van der Waals surface area contributed by atoms with Crippen LogP contribution in [-0.2, 0) is 17.9 Å². The molecule has 0 bridgehead atoms. The van der Waals surface area contributed by atoms with Gasteiger partial charge in [-0.1, -0.05) is 18.2 Å². The summed E-state index contributed by atoms with van der Waals surface area (Å²) in [5.41, 5.74) is 0.987. The number of aromatic amines is 1. The van der Waals surface area contributed by atoms with E-state index in [4.69, 9.17) is 12.2 Å². The molecular weight excluding hydrogens is 348 g/mol. The molecule has 0 spiro atoms. The van der Waals surface area contributed by atoms with Gasteiger partial charge in [0.2, 0.25) is 5.91 Å². The highest BCUT2D eigenvalue weighted by molar-refractivity contribution is 7.71. The molecule has 0 aliphatic carbocycles. The van der Waals surface area contributed by atoms with Crippen molar-refractivity contribution in [3.8, 4) is 0 Å². The van der Waals surface area contributed by atoms with Gasteiger partial charge in [-0.15, -0.1) is 0 Å². The van der Waals surface area contributed by atoms with Gasteiger partial charge < -0.3 is 9.47 Å². The third kappa shape index (κ3) is 3.05. The van der Waals surface area contributed by atoms with E-state index in [2.05, 4.69) is 22.2 Å². The van der Waals surface area contributed by atoms with Crippen LogP contribution in [0.1, 0.15) is 31.5 Å².